The number of aromatic amines is 1. The third-order valence-corrected chi connectivity index (χ3v) is 5.53. The Labute approximate surface area is 162 Å². The highest BCUT2D eigenvalue weighted by Gasteiger charge is 2.22. The van der Waals surface area contributed by atoms with Gasteiger partial charge >= 0.3 is 0 Å². The zero-order chi connectivity index (χ0) is 20.0. The summed E-state index contributed by atoms with van der Waals surface area (Å²) in [6, 6.07) is 8.60. The van der Waals surface area contributed by atoms with Gasteiger partial charge in [0.15, 0.2) is 11.6 Å². The molecule has 0 fully saturated rings. The third kappa shape index (κ3) is 2.75. The monoisotopic (exact) mass is 399 g/mol. The summed E-state index contributed by atoms with van der Waals surface area (Å²) in [7, 11) is 1.38. The van der Waals surface area contributed by atoms with Crippen molar-refractivity contribution < 1.29 is 18.6 Å². The summed E-state index contributed by atoms with van der Waals surface area (Å²) < 4.78 is 33.0. The van der Waals surface area contributed by atoms with E-state index in [0.717, 1.165) is 0 Å². The number of fused-ring (bicyclic) bond motifs is 1. The van der Waals surface area contributed by atoms with Crippen LogP contribution in [0.2, 0.25) is 0 Å². The van der Waals surface area contributed by atoms with Crippen molar-refractivity contribution in [3.8, 4) is 33.8 Å². The number of hydrogen-bond acceptors (Lipinski definition) is 4. The Morgan fingerprint density at radius 1 is 1.07 bits per heavy atom. The molecule has 0 aliphatic carbocycles. The maximum absolute atomic E-state index is 14.5. The lowest BCUT2D eigenvalue weighted by molar-refractivity contribution is 0.387. The van der Waals surface area contributed by atoms with E-state index in [2.05, 4.69) is 4.98 Å². The summed E-state index contributed by atoms with van der Waals surface area (Å²) in [5.74, 6) is -1.11. The Kier molecular flexibility index (Phi) is 4.39. The summed E-state index contributed by atoms with van der Waals surface area (Å²) in [6.45, 7) is 1.63. The van der Waals surface area contributed by atoms with Crippen molar-refractivity contribution in [1.82, 2.24) is 4.98 Å². The average molecular weight is 399 g/mol. The molecule has 142 valence electrons. The first kappa shape index (κ1) is 18.2. The second-order valence-electron chi connectivity index (χ2n) is 6.32. The molecule has 2 N–H and O–H groups in total. The van der Waals surface area contributed by atoms with Crippen molar-refractivity contribution >= 4 is 21.6 Å². The number of hydrogen-bond donors (Lipinski definition) is 2. The van der Waals surface area contributed by atoms with E-state index in [0.29, 0.717) is 32.5 Å². The molecule has 2 heterocycles. The van der Waals surface area contributed by atoms with Gasteiger partial charge in [0.2, 0.25) is 0 Å². The zero-order valence-electron chi connectivity index (χ0n) is 15.0. The number of aromatic hydroxyl groups is 1. The van der Waals surface area contributed by atoms with Crippen LogP contribution in [0, 0.1) is 18.6 Å². The molecule has 0 unspecified atom stereocenters. The smallest absolute Gasteiger partial charge is 0.260 e. The molecule has 0 bridgehead atoms. The van der Waals surface area contributed by atoms with Crippen LogP contribution in [0.3, 0.4) is 0 Å². The third-order valence-electron chi connectivity index (χ3n) is 4.64. The van der Waals surface area contributed by atoms with Gasteiger partial charge in [0.1, 0.15) is 16.4 Å². The number of rotatable bonds is 3. The number of halogens is 2. The van der Waals surface area contributed by atoms with E-state index in [4.69, 9.17) is 4.74 Å². The molecule has 0 saturated heterocycles. The number of aryl methyl sites for hydroxylation is 1. The normalized spacial score (nSPS) is 11.1. The van der Waals surface area contributed by atoms with Crippen LogP contribution in [0.15, 0.2) is 46.6 Å². The maximum Gasteiger partial charge on any atom is 0.260 e. The number of nitrogens with one attached hydrogen (secondary N) is 1. The topological polar surface area (TPSA) is 62.3 Å². The largest absolute Gasteiger partial charge is 0.506 e. The maximum atomic E-state index is 14.5. The first-order chi connectivity index (χ1) is 13.4. The van der Waals surface area contributed by atoms with E-state index in [-0.39, 0.29) is 17.1 Å². The fourth-order valence-corrected chi connectivity index (χ4v) is 4.19. The van der Waals surface area contributed by atoms with Gasteiger partial charge in [-0.1, -0.05) is 24.3 Å². The lowest BCUT2D eigenvalue weighted by atomic mass is 9.99. The van der Waals surface area contributed by atoms with Gasteiger partial charge in [0, 0.05) is 16.5 Å². The number of ether oxygens (including phenoxy) is 1. The van der Waals surface area contributed by atoms with Crippen molar-refractivity contribution in [2.45, 2.75) is 6.92 Å². The Balaban J connectivity index is 2.04. The molecule has 0 saturated carbocycles. The standard InChI is InChI=1S/C21H15F2NO3S/c1-10-3-8-13(19(27-2)17(10)23)14-9-28-21-16(14)18(25)15(20(26)24-21)11-4-6-12(22)7-5-11/h3-9H,1-2H3,(H2,24,25,26). The molecule has 0 atom stereocenters. The van der Waals surface area contributed by atoms with E-state index >= 15 is 0 Å². The number of methoxy groups -OCH3 is 1. The first-order valence-electron chi connectivity index (χ1n) is 8.38. The highest BCUT2D eigenvalue weighted by atomic mass is 32.1. The molecule has 0 aliphatic rings. The summed E-state index contributed by atoms with van der Waals surface area (Å²) in [5.41, 5.74) is 1.34. The summed E-state index contributed by atoms with van der Waals surface area (Å²) in [5, 5.41) is 13.0. The molecule has 4 rings (SSSR count). The number of thiophene rings is 1. The van der Waals surface area contributed by atoms with Gasteiger partial charge in [-0.3, -0.25) is 4.79 Å². The molecule has 4 aromatic rings. The van der Waals surface area contributed by atoms with E-state index in [1.54, 1.807) is 24.4 Å². The zero-order valence-corrected chi connectivity index (χ0v) is 15.8. The molecule has 7 heteroatoms. The molecular weight excluding hydrogens is 384 g/mol. The van der Waals surface area contributed by atoms with Gasteiger partial charge in [0.05, 0.1) is 18.1 Å². The van der Waals surface area contributed by atoms with E-state index in [1.165, 1.54) is 42.7 Å². The Bertz CT molecular complexity index is 1260. The molecular formula is C21H15F2NO3S. The van der Waals surface area contributed by atoms with Crippen LogP contribution in [-0.2, 0) is 0 Å². The minimum Gasteiger partial charge on any atom is -0.506 e. The van der Waals surface area contributed by atoms with Crippen molar-refractivity contribution in [2.75, 3.05) is 7.11 Å². The molecule has 0 amide bonds. The quantitative estimate of drug-likeness (QED) is 0.496. The van der Waals surface area contributed by atoms with Crippen LogP contribution in [0.1, 0.15) is 5.56 Å². The number of pyridine rings is 1. The molecule has 4 nitrogen and oxygen atoms in total. The second kappa shape index (κ2) is 6.76. The molecule has 0 spiro atoms. The number of aromatic nitrogens is 1. The van der Waals surface area contributed by atoms with Gasteiger partial charge in [-0.05, 0) is 30.2 Å². The van der Waals surface area contributed by atoms with E-state index < -0.39 is 17.2 Å². The van der Waals surface area contributed by atoms with E-state index in [9.17, 15) is 18.7 Å². The van der Waals surface area contributed by atoms with E-state index in [1.807, 2.05) is 0 Å². The lowest BCUT2D eigenvalue weighted by Gasteiger charge is -2.12. The summed E-state index contributed by atoms with van der Waals surface area (Å²) >= 11 is 1.22. The van der Waals surface area contributed by atoms with Crippen LogP contribution >= 0.6 is 11.3 Å². The highest BCUT2D eigenvalue weighted by molar-refractivity contribution is 7.17. The van der Waals surface area contributed by atoms with Crippen LogP contribution in [0.5, 0.6) is 11.5 Å². The second-order valence-corrected chi connectivity index (χ2v) is 7.20. The Morgan fingerprint density at radius 2 is 1.79 bits per heavy atom. The van der Waals surface area contributed by atoms with Gasteiger partial charge in [0.25, 0.3) is 5.56 Å². The predicted molar refractivity (Wildman–Crippen MR) is 106 cm³/mol. The molecule has 0 aliphatic heterocycles. The van der Waals surface area contributed by atoms with Crippen molar-refractivity contribution in [3.05, 3.63) is 69.3 Å². The van der Waals surface area contributed by atoms with Crippen molar-refractivity contribution in [2.24, 2.45) is 0 Å². The fourth-order valence-electron chi connectivity index (χ4n) is 3.23. The molecule has 28 heavy (non-hydrogen) atoms. The van der Waals surface area contributed by atoms with Crippen molar-refractivity contribution in [3.63, 3.8) is 0 Å². The Morgan fingerprint density at radius 3 is 2.46 bits per heavy atom. The fraction of sp³-hybridized carbons (Fsp3) is 0.0952. The molecule has 2 aromatic heterocycles. The van der Waals surface area contributed by atoms with Crippen LogP contribution < -0.4 is 10.3 Å². The predicted octanol–water partition coefficient (Wildman–Crippen LogP) is 5.22. The summed E-state index contributed by atoms with van der Waals surface area (Å²) in [4.78, 5) is 15.7. The first-order valence-corrected chi connectivity index (χ1v) is 9.26. The van der Waals surface area contributed by atoms with Gasteiger partial charge in [-0.2, -0.15) is 0 Å². The van der Waals surface area contributed by atoms with Gasteiger partial charge < -0.3 is 14.8 Å². The number of benzene rings is 2. The van der Waals surface area contributed by atoms with Gasteiger partial charge in [-0.25, -0.2) is 8.78 Å². The Hall–Kier alpha value is -3.19. The van der Waals surface area contributed by atoms with Gasteiger partial charge in [-0.15, -0.1) is 11.3 Å². The number of H-pyrrole nitrogens is 1. The minimum atomic E-state index is -0.493. The lowest BCUT2D eigenvalue weighted by Crippen LogP contribution is -2.08. The highest BCUT2D eigenvalue weighted by Crippen LogP contribution is 2.45. The SMILES string of the molecule is COc1c(-c2csc3[nH]c(=O)c(-c4ccc(F)cc4)c(O)c23)ccc(C)c1F. The summed E-state index contributed by atoms with van der Waals surface area (Å²) in [6.07, 6.45) is 0. The average Bonchev–Trinajstić information content (AvgIpc) is 3.09. The van der Waals surface area contributed by atoms with Crippen LogP contribution in [0.25, 0.3) is 32.5 Å². The molecule has 2 aromatic carbocycles. The minimum absolute atomic E-state index is 0.0266. The van der Waals surface area contributed by atoms with Crippen LogP contribution in [0.4, 0.5) is 8.78 Å². The van der Waals surface area contributed by atoms with Crippen molar-refractivity contribution in [1.29, 1.82) is 0 Å². The molecule has 0 radical (unpaired) electrons. The van der Waals surface area contributed by atoms with Crippen LogP contribution in [-0.4, -0.2) is 17.2 Å².